The molecule has 0 atom stereocenters. The minimum absolute atomic E-state index is 0.134. The monoisotopic (exact) mass is 445 g/mol. The number of pyridine rings is 2. The van der Waals surface area contributed by atoms with Crippen LogP contribution in [0.3, 0.4) is 0 Å². The second-order valence-electron chi connectivity index (χ2n) is 8.73. The Kier molecular flexibility index (Phi) is 4.69. The molecule has 0 saturated carbocycles. The Morgan fingerprint density at radius 3 is 2.56 bits per heavy atom. The highest BCUT2D eigenvalue weighted by Crippen LogP contribution is 2.35. The molecule has 5 nitrogen and oxygen atoms in total. The van der Waals surface area contributed by atoms with Gasteiger partial charge in [-0.15, -0.1) is 0 Å². The molecule has 0 saturated heterocycles. The van der Waals surface area contributed by atoms with E-state index < -0.39 is 0 Å². The van der Waals surface area contributed by atoms with Crippen LogP contribution in [0.15, 0.2) is 91.1 Å². The minimum atomic E-state index is 0.134. The highest BCUT2D eigenvalue weighted by molar-refractivity contribution is 6.09. The number of phenolic OH excluding ortho intramolecular Hbond substituents is 1. The number of para-hydroxylation sites is 2. The molecule has 1 N–H and O–H groups in total. The molecule has 0 bridgehead atoms. The molecule has 0 amide bonds. The molecule has 0 aliphatic carbocycles. The van der Waals surface area contributed by atoms with Crippen molar-refractivity contribution in [2.75, 3.05) is 0 Å². The Hall–Kier alpha value is -4.38. The number of rotatable bonds is 4. The van der Waals surface area contributed by atoms with Crippen molar-refractivity contribution in [1.82, 2.24) is 14.5 Å². The maximum atomic E-state index is 10.2. The van der Waals surface area contributed by atoms with Gasteiger partial charge in [0.25, 0.3) is 0 Å². The molecular weight excluding hydrogens is 422 g/mol. The van der Waals surface area contributed by atoms with Gasteiger partial charge in [-0.1, -0.05) is 44.2 Å². The summed E-state index contributed by atoms with van der Waals surface area (Å²) in [5.74, 6) is 2.51. The zero-order chi connectivity index (χ0) is 23.2. The molecule has 0 aliphatic heterocycles. The van der Waals surface area contributed by atoms with E-state index in [-0.39, 0.29) is 5.75 Å². The summed E-state index contributed by atoms with van der Waals surface area (Å²) in [7, 11) is 0. The summed E-state index contributed by atoms with van der Waals surface area (Å²) in [6.45, 7) is 4.37. The summed E-state index contributed by atoms with van der Waals surface area (Å²) in [6.07, 6.45) is 1.87. The SMILES string of the molecule is CC(C)c1ccnc(-n2c3ccccc3c3ccc(Oc4ccc5cccc(O)c5n4)cc32)c1. The Balaban J connectivity index is 1.51. The van der Waals surface area contributed by atoms with Gasteiger partial charge in [-0.05, 0) is 53.9 Å². The van der Waals surface area contributed by atoms with Crippen LogP contribution >= 0.6 is 0 Å². The zero-order valence-corrected chi connectivity index (χ0v) is 18.9. The van der Waals surface area contributed by atoms with Gasteiger partial charge in [0, 0.05) is 34.5 Å². The number of benzene rings is 3. The molecule has 3 heterocycles. The van der Waals surface area contributed by atoms with Gasteiger partial charge < -0.3 is 9.84 Å². The maximum absolute atomic E-state index is 10.2. The minimum Gasteiger partial charge on any atom is -0.506 e. The van der Waals surface area contributed by atoms with Gasteiger partial charge in [0.2, 0.25) is 5.88 Å². The van der Waals surface area contributed by atoms with E-state index in [1.165, 1.54) is 5.56 Å². The van der Waals surface area contributed by atoms with Gasteiger partial charge in [0.05, 0.1) is 11.0 Å². The van der Waals surface area contributed by atoms with Gasteiger partial charge in [-0.2, -0.15) is 0 Å². The fourth-order valence-corrected chi connectivity index (χ4v) is 4.47. The molecule has 0 spiro atoms. The molecule has 6 aromatic rings. The number of hydrogen-bond acceptors (Lipinski definition) is 4. The van der Waals surface area contributed by atoms with E-state index in [9.17, 15) is 5.11 Å². The van der Waals surface area contributed by atoms with E-state index in [0.29, 0.717) is 23.1 Å². The lowest BCUT2D eigenvalue weighted by Gasteiger charge is -2.11. The molecule has 5 heteroatoms. The van der Waals surface area contributed by atoms with Crippen molar-refractivity contribution in [2.45, 2.75) is 19.8 Å². The summed E-state index contributed by atoms with van der Waals surface area (Å²) < 4.78 is 8.33. The van der Waals surface area contributed by atoms with E-state index in [2.05, 4.69) is 59.8 Å². The Bertz CT molecular complexity index is 1680. The topological polar surface area (TPSA) is 60.2 Å². The molecule has 34 heavy (non-hydrogen) atoms. The molecule has 0 fully saturated rings. The van der Waals surface area contributed by atoms with Crippen molar-refractivity contribution in [3.63, 3.8) is 0 Å². The van der Waals surface area contributed by atoms with E-state index >= 15 is 0 Å². The predicted molar refractivity (Wildman–Crippen MR) is 136 cm³/mol. The first kappa shape index (κ1) is 20.2. The maximum Gasteiger partial charge on any atom is 0.219 e. The summed E-state index contributed by atoms with van der Waals surface area (Å²) in [4.78, 5) is 9.22. The highest BCUT2D eigenvalue weighted by Gasteiger charge is 2.15. The van der Waals surface area contributed by atoms with E-state index in [0.717, 1.165) is 33.0 Å². The van der Waals surface area contributed by atoms with Crippen LogP contribution in [0.1, 0.15) is 25.3 Å². The number of ether oxygens (including phenoxy) is 1. The van der Waals surface area contributed by atoms with Crippen molar-refractivity contribution in [3.8, 4) is 23.2 Å². The van der Waals surface area contributed by atoms with Gasteiger partial charge >= 0.3 is 0 Å². The number of aromatic nitrogens is 3. The first-order chi connectivity index (χ1) is 16.6. The average Bonchev–Trinajstić information content (AvgIpc) is 3.18. The third-order valence-corrected chi connectivity index (χ3v) is 6.21. The zero-order valence-electron chi connectivity index (χ0n) is 18.9. The fraction of sp³-hybridized carbons (Fsp3) is 0.103. The summed E-state index contributed by atoms with van der Waals surface area (Å²) in [6, 6.07) is 27.7. The lowest BCUT2D eigenvalue weighted by Crippen LogP contribution is -1.99. The van der Waals surface area contributed by atoms with Crippen molar-refractivity contribution >= 4 is 32.7 Å². The first-order valence-electron chi connectivity index (χ1n) is 11.3. The average molecular weight is 446 g/mol. The number of phenols is 1. The molecule has 3 aromatic heterocycles. The largest absolute Gasteiger partial charge is 0.506 e. The number of aromatic hydroxyl groups is 1. The van der Waals surface area contributed by atoms with Crippen LogP contribution in [-0.4, -0.2) is 19.6 Å². The second kappa shape index (κ2) is 7.89. The quantitative estimate of drug-likeness (QED) is 0.308. The predicted octanol–water partition coefficient (Wildman–Crippen LogP) is 7.35. The van der Waals surface area contributed by atoms with Crippen LogP contribution in [0.5, 0.6) is 17.4 Å². The molecule has 6 rings (SSSR count). The van der Waals surface area contributed by atoms with Crippen LogP contribution in [0.2, 0.25) is 0 Å². The lowest BCUT2D eigenvalue weighted by atomic mass is 10.1. The standard InChI is InChI=1S/C29H23N3O2/c1-18(2)20-14-15-30-27(16-20)32-24-8-4-3-7-22(24)23-12-11-21(17-25(23)32)34-28-13-10-19-6-5-9-26(33)29(19)31-28/h3-18,33H,1-2H3. The van der Waals surface area contributed by atoms with Crippen LogP contribution in [0, 0.1) is 0 Å². The smallest absolute Gasteiger partial charge is 0.219 e. The Labute approximate surface area is 196 Å². The second-order valence-corrected chi connectivity index (χ2v) is 8.73. The Morgan fingerprint density at radius 1 is 0.824 bits per heavy atom. The van der Waals surface area contributed by atoms with Crippen molar-refractivity contribution < 1.29 is 9.84 Å². The Morgan fingerprint density at radius 2 is 1.68 bits per heavy atom. The number of hydrogen-bond donors (Lipinski definition) is 1. The van der Waals surface area contributed by atoms with E-state index in [1.807, 2.05) is 42.6 Å². The van der Waals surface area contributed by atoms with Crippen LogP contribution in [0.25, 0.3) is 38.5 Å². The fourth-order valence-electron chi connectivity index (χ4n) is 4.47. The van der Waals surface area contributed by atoms with Gasteiger partial charge in [0.1, 0.15) is 22.8 Å². The molecule has 0 unspecified atom stereocenters. The van der Waals surface area contributed by atoms with Crippen LogP contribution < -0.4 is 4.74 Å². The first-order valence-corrected chi connectivity index (χ1v) is 11.3. The summed E-state index contributed by atoms with van der Waals surface area (Å²) in [5.41, 5.74) is 3.86. The summed E-state index contributed by atoms with van der Waals surface area (Å²) >= 11 is 0. The summed E-state index contributed by atoms with van der Waals surface area (Å²) in [5, 5.41) is 13.3. The van der Waals surface area contributed by atoms with Gasteiger partial charge in [0.15, 0.2) is 0 Å². The number of fused-ring (bicyclic) bond motifs is 4. The lowest BCUT2D eigenvalue weighted by molar-refractivity contribution is 0.460. The number of nitrogens with zero attached hydrogens (tertiary/aromatic N) is 3. The normalized spacial score (nSPS) is 11.6. The van der Waals surface area contributed by atoms with Crippen LogP contribution in [-0.2, 0) is 0 Å². The van der Waals surface area contributed by atoms with E-state index in [1.54, 1.807) is 12.1 Å². The molecule has 0 radical (unpaired) electrons. The van der Waals surface area contributed by atoms with Crippen LogP contribution in [0.4, 0.5) is 0 Å². The van der Waals surface area contributed by atoms with Crippen molar-refractivity contribution in [3.05, 3.63) is 96.7 Å². The van der Waals surface area contributed by atoms with E-state index in [4.69, 9.17) is 9.72 Å². The molecule has 0 aliphatic rings. The molecule has 166 valence electrons. The van der Waals surface area contributed by atoms with Crippen molar-refractivity contribution in [1.29, 1.82) is 0 Å². The van der Waals surface area contributed by atoms with Crippen molar-refractivity contribution in [2.24, 2.45) is 0 Å². The van der Waals surface area contributed by atoms with Gasteiger partial charge in [-0.25, -0.2) is 9.97 Å². The third kappa shape index (κ3) is 3.33. The van der Waals surface area contributed by atoms with Gasteiger partial charge in [-0.3, -0.25) is 4.57 Å². The molecule has 3 aromatic carbocycles. The molecular formula is C29H23N3O2. The highest BCUT2D eigenvalue weighted by atomic mass is 16.5. The third-order valence-electron chi connectivity index (χ3n) is 6.21.